The maximum absolute atomic E-state index is 11.0. The van der Waals surface area contributed by atoms with Crippen molar-refractivity contribution in [2.45, 2.75) is 47.0 Å². The minimum Gasteiger partial charge on any atom is -0.300 e. The molecule has 0 fully saturated rings. The molecule has 0 aliphatic heterocycles. The first-order valence-electron chi connectivity index (χ1n) is 4.76. The molecule has 1 nitrogen and oxygen atoms in total. The van der Waals surface area contributed by atoms with E-state index in [-0.39, 0.29) is 0 Å². The first-order chi connectivity index (χ1) is 5.61. The number of hydrogen-bond acceptors (Lipinski definition) is 1. The third kappa shape index (κ3) is 4.32. The van der Waals surface area contributed by atoms with Crippen LogP contribution in [0.1, 0.15) is 47.0 Å². The van der Waals surface area contributed by atoms with Crippen LogP contribution >= 0.6 is 0 Å². The molecule has 0 saturated heterocycles. The molecule has 0 aromatic carbocycles. The zero-order chi connectivity index (χ0) is 9.56. The summed E-state index contributed by atoms with van der Waals surface area (Å²) in [6.45, 7) is 8.28. The summed E-state index contributed by atoms with van der Waals surface area (Å²) in [5, 5.41) is 0. The summed E-state index contributed by atoms with van der Waals surface area (Å²) in [4.78, 5) is 11.0. The molecule has 0 aromatic heterocycles. The van der Waals surface area contributed by atoms with Crippen molar-refractivity contribution in [3.63, 3.8) is 0 Å². The van der Waals surface area contributed by atoms with E-state index in [0.29, 0.717) is 18.1 Å². The quantitative estimate of drug-likeness (QED) is 0.575. The van der Waals surface area contributed by atoms with Crippen molar-refractivity contribution in [3.05, 3.63) is 11.6 Å². The van der Waals surface area contributed by atoms with E-state index in [4.69, 9.17) is 0 Å². The van der Waals surface area contributed by atoms with Crippen LogP contribution in [0.2, 0.25) is 0 Å². The van der Waals surface area contributed by atoms with Gasteiger partial charge in [0.05, 0.1) is 0 Å². The van der Waals surface area contributed by atoms with Gasteiger partial charge in [-0.3, -0.25) is 4.79 Å². The second-order valence-electron chi connectivity index (χ2n) is 3.36. The summed E-state index contributed by atoms with van der Waals surface area (Å²) in [5.41, 5.74) is 1.39. The highest BCUT2D eigenvalue weighted by Gasteiger charge is 2.05. The zero-order valence-corrected chi connectivity index (χ0v) is 8.68. The lowest BCUT2D eigenvalue weighted by Crippen LogP contribution is -2.01. The third-order valence-electron chi connectivity index (χ3n) is 2.48. The second-order valence-corrected chi connectivity index (χ2v) is 3.36. The minimum atomic E-state index is 0.380. The van der Waals surface area contributed by atoms with Crippen molar-refractivity contribution in [2.75, 3.05) is 0 Å². The molecular formula is C11H20O. The average molecular weight is 168 g/mol. The van der Waals surface area contributed by atoms with Gasteiger partial charge in [-0.25, -0.2) is 0 Å². The van der Waals surface area contributed by atoms with E-state index in [0.717, 1.165) is 12.8 Å². The van der Waals surface area contributed by atoms with Gasteiger partial charge in [-0.05, 0) is 26.2 Å². The van der Waals surface area contributed by atoms with E-state index in [2.05, 4.69) is 19.9 Å². The van der Waals surface area contributed by atoms with Gasteiger partial charge < -0.3 is 0 Å². The molecule has 0 bridgehead atoms. The molecule has 0 aliphatic rings. The highest BCUT2D eigenvalue weighted by molar-refractivity contribution is 5.77. The normalized spacial score (nSPS) is 14.5. The van der Waals surface area contributed by atoms with Crippen LogP contribution in [0.25, 0.3) is 0 Å². The van der Waals surface area contributed by atoms with Crippen LogP contribution in [0.5, 0.6) is 0 Å². The fourth-order valence-electron chi connectivity index (χ4n) is 1.07. The Labute approximate surface area is 75.9 Å². The van der Waals surface area contributed by atoms with Crippen molar-refractivity contribution in [1.82, 2.24) is 0 Å². The van der Waals surface area contributed by atoms with Gasteiger partial charge in [0.15, 0.2) is 0 Å². The molecule has 0 spiro atoms. The lowest BCUT2D eigenvalue weighted by atomic mass is 9.95. The van der Waals surface area contributed by atoms with E-state index >= 15 is 0 Å². The first-order valence-corrected chi connectivity index (χ1v) is 4.76. The predicted molar refractivity (Wildman–Crippen MR) is 53.1 cm³/mol. The Morgan fingerprint density at radius 1 is 1.50 bits per heavy atom. The molecule has 70 valence electrons. The predicted octanol–water partition coefficient (Wildman–Crippen LogP) is 3.35. The summed E-state index contributed by atoms with van der Waals surface area (Å²) in [7, 11) is 0. The topological polar surface area (TPSA) is 17.1 Å². The van der Waals surface area contributed by atoms with Gasteiger partial charge in [-0.2, -0.15) is 0 Å². The van der Waals surface area contributed by atoms with Crippen LogP contribution in [0.3, 0.4) is 0 Å². The van der Waals surface area contributed by atoms with Crippen molar-refractivity contribution in [2.24, 2.45) is 5.92 Å². The average Bonchev–Trinajstić information content (AvgIpc) is 2.11. The molecule has 0 aromatic rings. The van der Waals surface area contributed by atoms with Crippen LogP contribution in [-0.4, -0.2) is 5.78 Å². The molecule has 0 N–H and O–H groups in total. The van der Waals surface area contributed by atoms with E-state index in [1.54, 1.807) is 0 Å². The monoisotopic (exact) mass is 168 g/mol. The molecule has 0 saturated carbocycles. The van der Waals surface area contributed by atoms with Crippen molar-refractivity contribution < 1.29 is 4.79 Å². The maximum Gasteiger partial charge on any atom is 0.132 e. The molecular weight excluding hydrogens is 148 g/mol. The Bertz CT molecular complexity index is 168. The summed E-state index contributed by atoms with van der Waals surface area (Å²) < 4.78 is 0. The van der Waals surface area contributed by atoms with Gasteiger partial charge in [-0.1, -0.05) is 25.5 Å². The number of hydrogen-bond donors (Lipinski definition) is 0. The summed E-state index contributed by atoms with van der Waals surface area (Å²) >= 11 is 0. The first kappa shape index (κ1) is 11.4. The summed E-state index contributed by atoms with van der Waals surface area (Å²) in [6.07, 6.45) is 4.55. The molecule has 0 rings (SSSR count). The fraction of sp³-hybridized carbons (Fsp3) is 0.727. The second kappa shape index (κ2) is 5.99. The van der Waals surface area contributed by atoms with Crippen molar-refractivity contribution in [1.29, 1.82) is 0 Å². The van der Waals surface area contributed by atoms with Gasteiger partial charge in [0.25, 0.3) is 0 Å². The van der Waals surface area contributed by atoms with Gasteiger partial charge in [0.2, 0.25) is 0 Å². The van der Waals surface area contributed by atoms with Crippen LogP contribution in [-0.2, 0) is 4.79 Å². The van der Waals surface area contributed by atoms with E-state index in [1.807, 2.05) is 13.8 Å². The molecule has 0 aliphatic carbocycles. The number of rotatable bonds is 5. The fourth-order valence-corrected chi connectivity index (χ4v) is 1.07. The highest BCUT2D eigenvalue weighted by atomic mass is 16.1. The SMILES string of the molecule is C/C=C(/C)C(C)CCC(=O)CC. The van der Waals surface area contributed by atoms with Crippen LogP contribution in [0.15, 0.2) is 11.6 Å². The molecule has 0 heterocycles. The van der Waals surface area contributed by atoms with Crippen molar-refractivity contribution in [3.8, 4) is 0 Å². The van der Waals surface area contributed by atoms with Gasteiger partial charge in [0, 0.05) is 12.8 Å². The Kier molecular flexibility index (Phi) is 5.69. The molecule has 1 unspecified atom stereocenters. The number of Topliss-reactive ketones (excluding diaryl/α,β-unsaturated/α-hetero) is 1. The smallest absolute Gasteiger partial charge is 0.132 e. The Morgan fingerprint density at radius 3 is 2.50 bits per heavy atom. The Morgan fingerprint density at radius 2 is 2.08 bits per heavy atom. The van der Waals surface area contributed by atoms with E-state index in [1.165, 1.54) is 5.57 Å². The van der Waals surface area contributed by atoms with E-state index < -0.39 is 0 Å². The van der Waals surface area contributed by atoms with Gasteiger partial charge in [-0.15, -0.1) is 0 Å². The maximum atomic E-state index is 11.0. The molecule has 1 heteroatoms. The lowest BCUT2D eigenvalue weighted by Gasteiger charge is -2.10. The van der Waals surface area contributed by atoms with Crippen LogP contribution in [0, 0.1) is 5.92 Å². The van der Waals surface area contributed by atoms with Gasteiger partial charge >= 0.3 is 0 Å². The Hall–Kier alpha value is -0.590. The van der Waals surface area contributed by atoms with E-state index in [9.17, 15) is 4.79 Å². The summed E-state index contributed by atoms with van der Waals surface area (Å²) in [6, 6.07) is 0. The Balaban J connectivity index is 3.71. The molecule has 0 radical (unpaired) electrons. The van der Waals surface area contributed by atoms with Crippen LogP contribution in [0.4, 0.5) is 0 Å². The number of ketones is 1. The largest absolute Gasteiger partial charge is 0.300 e. The van der Waals surface area contributed by atoms with Crippen molar-refractivity contribution >= 4 is 5.78 Å². The highest BCUT2D eigenvalue weighted by Crippen LogP contribution is 2.15. The zero-order valence-electron chi connectivity index (χ0n) is 8.68. The van der Waals surface area contributed by atoms with Crippen LogP contribution < -0.4 is 0 Å². The summed E-state index contributed by atoms with van der Waals surface area (Å²) in [5.74, 6) is 0.941. The molecule has 0 amide bonds. The minimum absolute atomic E-state index is 0.380. The number of carbonyl (C=O) groups is 1. The number of allylic oxidation sites excluding steroid dienone is 2. The molecule has 1 atom stereocenters. The van der Waals surface area contributed by atoms with Gasteiger partial charge in [0.1, 0.15) is 5.78 Å². The standard InChI is InChI=1S/C11H20O/c1-5-9(3)10(4)7-8-11(12)6-2/h5,10H,6-8H2,1-4H3/b9-5-. The number of carbonyl (C=O) groups excluding carboxylic acids is 1. The lowest BCUT2D eigenvalue weighted by molar-refractivity contribution is -0.118. The molecule has 12 heavy (non-hydrogen) atoms. The third-order valence-corrected chi connectivity index (χ3v) is 2.48.